The highest BCUT2D eigenvalue weighted by Gasteiger charge is 2.63. The van der Waals surface area contributed by atoms with Gasteiger partial charge in [0.25, 0.3) is 10.0 Å². The van der Waals surface area contributed by atoms with Crippen molar-refractivity contribution < 1.29 is 31.1 Å². The number of alkyl halides is 3. The van der Waals surface area contributed by atoms with Crippen LogP contribution in [0, 0.1) is 11.8 Å². The van der Waals surface area contributed by atoms with E-state index in [0.29, 0.717) is 5.69 Å². The molecule has 8 nitrogen and oxygen atoms in total. The van der Waals surface area contributed by atoms with Gasteiger partial charge in [0.2, 0.25) is 5.60 Å². The molecule has 2 fully saturated rings. The third-order valence-corrected chi connectivity index (χ3v) is 7.99. The van der Waals surface area contributed by atoms with Gasteiger partial charge in [-0.25, -0.2) is 8.42 Å². The molecule has 2 aromatic rings. The van der Waals surface area contributed by atoms with E-state index in [-0.39, 0.29) is 35.4 Å². The van der Waals surface area contributed by atoms with Gasteiger partial charge in [0, 0.05) is 25.3 Å². The average molecular weight is 545 g/mol. The molecule has 0 aliphatic carbocycles. The first-order valence-corrected chi connectivity index (χ1v) is 12.8. The number of hydrogen-bond donors (Lipinski definition) is 0. The number of piperazine rings is 1. The summed E-state index contributed by atoms with van der Waals surface area (Å²) >= 11 is 5.71. The number of halogens is 4. The second-order valence-corrected chi connectivity index (χ2v) is 11.1. The van der Waals surface area contributed by atoms with E-state index in [2.05, 4.69) is 22.0 Å². The Kier molecular flexibility index (Phi) is 7.00. The van der Waals surface area contributed by atoms with E-state index < -0.39 is 40.2 Å². The Bertz CT molecular complexity index is 1280. The van der Waals surface area contributed by atoms with Crippen LogP contribution >= 0.6 is 11.6 Å². The normalized spacial score (nSPS) is 24.9. The van der Waals surface area contributed by atoms with Crippen LogP contribution in [0.4, 0.5) is 18.9 Å². The van der Waals surface area contributed by atoms with Gasteiger partial charge in [-0.05, 0) is 50.6 Å². The van der Waals surface area contributed by atoms with Crippen LogP contribution in [-0.4, -0.2) is 67.2 Å². The Balaban J connectivity index is 1.59. The Morgan fingerprint density at radius 2 is 1.81 bits per heavy atom. The van der Waals surface area contributed by atoms with Crippen LogP contribution < -0.4 is 4.90 Å². The molecule has 36 heavy (non-hydrogen) atoms. The van der Waals surface area contributed by atoms with Gasteiger partial charge in [-0.15, -0.1) is 16.1 Å². The summed E-state index contributed by atoms with van der Waals surface area (Å²) in [5.74, 6) is 4.42. The number of aromatic nitrogens is 2. The van der Waals surface area contributed by atoms with E-state index in [1.54, 1.807) is 19.1 Å². The fraction of sp³-hybridized carbons (Fsp3) is 0.478. The van der Waals surface area contributed by atoms with Crippen molar-refractivity contribution in [3.63, 3.8) is 0 Å². The van der Waals surface area contributed by atoms with Gasteiger partial charge in [-0.3, -0.25) is 0 Å². The lowest BCUT2D eigenvalue weighted by Crippen LogP contribution is -2.54. The van der Waals surface area contributed by atoms with Gasteiger partial charge in [0.15, 0.2) is 16.0 Å². The number of rotatable bonds is 4. The van der Waals surface area contributed by atoms with E-state index in [0.717, 1.165) is 0 Å². The van der Waals surface area contributed by atoms with Crippen LogP contribution in [0.3, 0.4) is 0 Å². The minimum Gasteiger partial charge on any atom is -0.355 e. The summed E-state index contributed by atoms with van der Waals surface area (Å²) in [6.07, 6.45) is -4.69. The van der Waals surface area contributed by atoms with Gasteiger partial charge in [-0.1, -0.05) is 29.7 Å². The number of benzene rings is 1. The van der Waals surface area contributed by atoms with Crippen molar-refractivity contribution in [1.29, 1.82) is 0 Å². The lowest BCUT2D eigenvalue weighted by molar-refractivity contribution is -0.289. The highest BCUT2D eigenvalue weighted by atomic mass is 35.5. The van der Waals surface area contributed by atoms with Crippen LogP contribution in [0.1, 0.15) is 26.3 Å². The summed E-state index contributed by atoms with van der Waals surface area (Å²) in [4.78, 5) is 1.86. The molecular formula is C23H24ClF3N4O4S. The zero-order valence-electron chi connectivity index (χ0n) is 19.7. The molecule has 0 N–H and O–H groups in total. The van der Waals surface area contributed by atoms with Crippen molar-refractivity contribution in [2.24, 2.45) is 0 Å². The highest BCUT2D eigenvalue weighted by Crippen LogP contribution is 2.49. The Morgan fingerprint density at radius 3 is 2.33 bits per heavy atom. The molecule has 4 rings (SSSR count). The summed E-state index contributed by atoms with van der Waals surface area (Å²) in [6.45, 7) is 4.26. The van der Waals surface area contributed by atoms with Crippen molar-refractivity contribution in [2.45, 2.75) is 49.4 Å². The summed E-state index contributed by atoms with van der Waals surface area (Å²) in [5.41, 5.74) is -2.06. The van der Waals surface area contributed by atoms with E-state index in [9.17, 15) is 21.6 Å². The van der Waals surface area contributed by atoms with Crippen LogP contribution in [-0.2, 0) is 25.1 Å². The summed E-state index contributed by atoms with van der Waals surface area (Å²) in [7, 11) is -3.94. The Hall–Kier alpha value is -2.43. The summed E-state index contributed by atoms with van der Waals surface area (Å²) in [6, 6.07) is 7.91. The lowest BCUT2D eigenvalue weighted by Gasteiger charge is -2.40. The molecule has 2 atom stereocenters. The van der Waals surface area contributed by atoms with Gasteiger partial charge in [0.05, 0.1) is 6.61 Å². The molecule has 2 unspecified atom stereocenters. The maximum atomic E-state index is 14.1. The molecule has 2 aliphatic rings. The number of anilines is 1. The largest absolute Gasteiger partial charge is 0.424 e. The first-order chi connectivity index (χ1) is 16.8. The second kappa shape index (κ2) is 9.46. The quantitative estimate of drug-likeness (QED) is 0.544. The second-order valence-electron chi connectivity index (χ2n) is 8.82. The van der Waals surface area contributed by atoms with Gasteiger partial charge >= 0.3 is 6.18 Å². The third-order valence-electron chi connectivity index (χ3n) is 6.03. The van der Waals surface area contributed by atoms with Crippen molar-refractivity contribution in [2.75, 3.05) is 31.1 Å². The molecule has 0 amide bonds. The van der Waals surface area contributed by atoms with E-state index in [1.807, 2.05) is 4.90 Å². The molecule has 3 heterocycles. The molecule has 13 heteroatoms. The van der Waals surface area contributed by atoms with E-state index in [1.165, 1.54) is 42.4 Å². The van der Waals surface area contributed by atoms with Crippen LogP contribution in [0.15, 0.2) is 41.4 Å². The summed E-state index contributed by atoms with van der Waals surface area (Å²) in [5, 5.41) is 7.13. The molecule has 2 saturated heterocycles. The fourth-order valence-corrected chi connectivity index (χ4v) is 5.68. The monoisotopic (exact) mass is 544 g/mol. The van der Waals surface area contributed by atoms with Crippen LogP contribution in [0.2, 0.25) is 5.15 Å². The van der Waals surface area contributed by atoms with Crippen molar-refractivity contribution in [3.8, 4) is 11.8 Å². The van der Waals surface area contributed by atoms with E-state index in [4.69, 9.17) is 21.1 Å². The molecule has 0 bridgehead atoms. The van der Waals surface area contributed by atoms with Gasteiger partial charge in [0.1, 0.15) is 6.04 Å². The maximum absolute atomic E-state index is 14.1. The Morgan fingerprint density at radius 1 is 1.11 bits per heavy atom. The van der Waals surface area contributed by atoms with Crippen LogP contribution in [0.5, 0.6) is 0 Å². The number of nitrogens with zero attached hydrogens (tertiary/aromatic N) is 4. The smallest absolute Gasteiger partial charge is 0.355 e. The van der Waals surface area contributed by atoms with E-state index >= 15 is 0 Å². The molecule has 0 spiro atoms. The SMILES string of the molecule is CC#CC1CN(S(=O)(=O)c2ccc(Cl)nn2)CCN1c1ccc(C2(C(F)(F)F)COC(C)(C)O2)cc1. The molecule has 2 aliphatic heterocycles. The molecule has 0 radical (unpaired) electrons. The number of sulfonamides is 1. The molecular weight excluding hydrogens is 521 g/mol. The lowest BCUT2D eigenvalue weighted by atomic mass is 9.93. The zero-order chi connectivity index (χ0) is 26.4. The Labute approximate surface area is 212 Å². The third kappa shape index (κ3) is 4.90. The van der Waals surface area contributed by atoms with Crippen molar-refractivity contribution in [1.82, 2.24) is 14.5 Å². The minimum atomic E-state index is -4.69. The van der Waals surface area contributed by atoms with Gasteiger partial charge in [-0.2, -0.15) is 17.5 Å². The molecule has 1 aromatic carbocycles. The zero-order valence-corrected chi connectivity index (χ0v) is 21.3. The predicted octanol–water partition coefficient (Wildman–Crippen LogP) is 3.57. The number of ether oxygens (including phenoxy) is 2. The summed E-state index contributed by atoms with van der Waals surface area (Å²) < 4.78 is 80.2. The molecule has 194 valence electrons. The van der Waals surface area contributed by atoms with Crippen molar-refractivity contribution >= 4 is 27.3 Å². The van der Waals surface area contributed by atoms with Gasteiger partial charge < -0.3 is 14.4 Å². The number of hydrogen-bond acceptors (Lipinski definition) is 7. The predicted molar refractivity (Wildman–Crippen MR) is 126 cm³/mol. The first-order valence-electron chi connectivity index (χ1n) is 11.0. The molecule has 1 aromatic heterocycles. The van der Waals surface area contributed by atoms with Crippen LogP contribution in [0.25, 0.3) is 0 Å². The maximum Gasteiger partial charge on any atom is 0.424 e. The highest BCUT2D eigenvalue weighted by molar-refractivity contribution is 7.89. The topological polar surface area (TPSA) is 84.9 Å². The minimum absolute atomic E-state index is 0.0346. The fourth-order valence-electron chi connectivity index (χ4n) is 4.27. The standard InChI is InChI=1S/C23H24ClF3N4O4S/c1-4-5-18-14-30(36(32,33)20-11-10-19(24)28-29-20)12-13-31(18)17-8-6-16(7-9-17)22(23(25,26)27)15-34-21(2,3)35-22/h6-11,18H,12-15H2,1-3H3. The van der Waals surface area contributed by atoms with Crippen molar-refractivity contribution in [3.05, 3.63) is 47.1 Å². The average Bonchev–Trinajstić information content (AvgIpc) is 3.16. The molecule has 0 saturated carbocycles. The first kappa shape index (κ1) is 26.6.